The van der Waals surface area contributed by atoms with E-state index in [4.69, 9.17) is 29.5 Å². The number of ether oxygens (including phenoxy) is 5. The maximum Gasteiger partial charge on any atom is 0.323 e. The van der Waals surface area contributed by atoms with Crippen LogP contribution < -0.4 is 11.1 Å². The Labute approximate surface area is 527 Å². The third-order valence-electron chi connectivity index (χ3n) is 15.1. The summed E-state index contributed by atoms with van der Waals surface area (Å²) in [6.45, 7) is 22.1. The number of hydrogen-bond donors (Lipinski definition) is 2. The predicted octanol–water partition coefficient (Wildman–Crippen LogP) is 17.4. The lowest BCUT2D eigenvalue weighted by Gasteiger charge is -2.22. The first-order chi connectivity index (χ1) is 41.0. The van der Waals surface area contributed by atoms with Gasteiger partial charge in [0.15, 0.2) is 0 Å². The smallest absolute Gasteiger partial charge is 0.323 e. The van der Waals surface area contributed by atoms with E-state index in [0.29, 0.717) is 45.4 Å². The molecule has 0 spiro atoms. The molecule has 2 fully saturated rings. The fourth-order valence-corrected chi connectivity index (χ4v) is 10.7. The molecule has 0 bridgehead atoms. The highest BCUT2D eigenvalue weighted by Crippen LogP contribution is 2.22. The van der Waals surface area contributed by atoms with E-state index in [9.17, 15) is 19.2 Å². The molecule has 2 aliphatic heterocycles. The van der Waals surface area contributed by atoms with E-state index < -0.39 is 0 Å². The maximum absolute atomic E-state index is 12.9. The Bertz CT molecular complexity index is 1360. The van der Waals surface area contributed by atoms with Crippen molar-refractivity contribution in [2.75, 3.05) is 79.1 Å². The zero-order valence-corrected chi connectivity index (χ0v) is 58.4. The molecule has 2 aliphatic rings. The number of likely N-dealkylation sites (tertiary alicyclic amines) is 2. The van der Waals surface area contributed by atoms with Crippen LogP contribution in [0, 0.1) is 0 Å². The lowest BCUT2D eigenvalue weighted by atomic mass is 10.0. The van der Waals surface area contributed by atoms with Crippen molar-refractivity contribution in [1.29, 1.82) is 0 Å². The van der Waals surface area contributed by atoms with E-state index in [1.807, 2.05) is 20.9 Å². The van der Waals surface area contributed by atoms with Crippen molar-refractivity contribution in [3.8, 4) is 0 Å². The van der Waals surface area contributed by atoms with Gasteiger partial charge in [-0.15, -0.1) is 0 Å². The van der Waals surface area contributed by atoms with Crippen LogP contribution in [0.15, 0.2) is 0 Å². The van der Waals surface area contributed by atoms with E-state index in [2.05, 4.69) is 70.4 Å². The molecule has 0 aliphatic carbocycles. The third-order valence-corrected chi connectivity index (χ3v) is 15.7. The number of esters is 4. The number of alkyl halides is 1. The van der Waals surface area contributed by atoms with E-state index in [1.165, 1.54) is 155 Å². The Morgan fingerprint density at radius 2 is 0.917 bits per heavy atom. The third kappa shape index (κ3) is 62.7. The number of methoxy groups -OCH3 is 2. The van der Waals surface area contributed by atoms with Crippen LogP contribution in [0.25, 0.3) is 0 Å². The maximum atomic E-state index is 12.9. The first kappa shape index (κ1) is 88.1. The van der Waals surface area contributed by atoms with Gasteiger partial charge in [-0.05, 0) is 155 Å². The molecule has 3 atom stereocenters. The monoisotopic (exact) mass is 1260 g/mol. The first-order valence-corrected chi connectivity index (χ1v) is 36.1. The second-order valence-corrected chi connectivity index (χ2v) is 23.4. The van der Waals surface area contributed by atoms with Gasteiger partial charge in [-0.3, -0.25) is 33.8 Å². The van der Waals surface area contributed by atoms with E-state index in [-0.39, 0.29) is 42.1 Å². The molecule has 84 heavy (non-hydrogen) atoms. The number of unbranched alkanes of at least 4 members (excludes halogenated alkanes) is 26. The number of nitrogens with zero attached hydrogens (tertiary/aromatic N) is 2. The molecule has 0 aromatic rings. The summed E-state index contributed by atoms with van der Waals surface area (Å²) in [5.41, 5.74) is 5.43. The van der Waals surface area contributed by atoms with Gasteiger partial charge in [0.05, 0.1) is 27.4 Å². The van der Waals surface area contributed by atoms with Crippen LogP contribution in [0.4, 0.5) is 0 Å². The summed E-state index contributed by atoms with van der Waals surface area (Å²) in [4.78, 5) is 62.6. The van der Waals surface area contributed by atoms with Gasteiger partial charge in [-0.25, -0.2) is 0 Å². The highest BCUT2D eigenvalue weighted by molar-refractivity contribution is 9.09. The van der Waals surface area contributed by atoms with Crippen molar-refractivity contribution in [3.63, 3.8) is 0 Å². The standard InChI is InChI=1S/C46H87NO6.C11H22N2O2.C4H9Br.C4H11N.C2H4O2.C2H6/c1-4-7-10-13-16-18-20-23-30-40-51-44(48)36-27-24-29-38-47-39-32-35-43(47)46(50)52-41-31-28-37-45(49)53-42(33-25-21-15-12-9-6-3)34-26-22-19-17-14-11-8-5-2;1-15-11(14)10-6-5-9-13(10)8-4-2-3-7-12;1-2-3-4-5;1-3-4-5-2;1-4-2-3;1-2/h42-43H,4-41H2,1-3H3;10H,2-9,12H2,1H3;2-4H2,1H3;5H,3-4H2,1-2H3;2H,1H3;1-2H3. The fraction of sp³-hybridized carbons (Fsp3) is 0.928. The van der Waals surface area contributed by atoms with E-state index in [0.717, 1.165) is 147 Å². The van der Waals surface area contributed by atoms with Crippen LogP contribution in [0.1, 0.15) is 318 Å². The van der Waals surface area contributed by atoms with Gasteiger partial charge in [0.25, 0.3) is 6.47 Å². The Balaban J connectivity index is -0.000000831. The van der Waals surface area contributed by atoms with Gasteiger partial charge in [0.2, 0.25) is 0 Å². The molecule has 3 unspecified atom stereocenters. The summed E-state index contributed by atoms with van der Waals surface area (Å²) in [5, 5.41) is 4.17. The second kappa shape index (κ2) is 74.9. The minimum absolute atomic E-state index is 0.00729. The molecular weight excluding hydrogens is 1120 g/mol. The number of hydrogen-bond acceptors (Lipinski definition) is 14. The summed E-state index contributed by atoms with van der Waals surface area (Å²) in [6.07, 6.45) is 47.3. The highest BCUT2D eigenvalue weighted by atomic mass is 79.9. The zero-order valence-electron chi connectivity index (χ0n) is 56.8. The molecule has 15 heteroatoms. The van der Waals surface area contributed by atoms with Crippen LogP contribution >= 0.6 is 15.9 Å². The number of carbonyl (C=O) groups is 5. The topological polar surface area (TPSA) is 176 Å². The fourth-order valence-electron chi connectivity index (χ4n) is 10.1. The molecule has 0 saturated carbocycles. The van der Waals surface area contributed by atoms with Crippen molar-refractivity contribution in [1.82, 2.24) is 15.1 Å². The summed E-state index contributed by atoms with van der Waals surface area (Å²) >= 11 is 3.31. The van der Waals surface area contributed by atoms with Gasteiger partial charge >= 0.3 is 23.9 Å². The lowest BCUT2D eigenvalue weighted by molar-refractivity contribution is -0.150. The zero-order chi connectivity index (χ0) is 63.2. The van der Waals surface area contributed by atoms with Gasteiger partial charge in [0.1, 0.15) is 18.2 Å². The van der Waals surface area contributed by atoms with Gasteiger partial charge in [0, 0.05) is 18.2 Å². The van der Waals surface area contributed by atoms with Gasteiger partial charge in [-0.1, -0.05) is 212 Å². The quantitative estimate of drug-likeness (QED) is 0.0193. The Hall–Kier alpha value is -2.33. The van der Waals surface area contributed by atoms with Crippen molar-refractivity contribution < 1.29 is 47.7 Å². The molecule has 2 heterocycles. The molecule has 0 amide bonds. The number of halogens is 1. The number of nitrogens with one attached hydrogen (secondary N) is 1. The van der Waals surface area contributed by atoms with Crippen molar-refractivity contribution >= 4 is 46.3 Å². The Kier molecular flexibility index (Phi) is 78.6. The molecule has 14 nitrogen and oxygen atoms in total. The Morgan fingerprint density at radius 3 is 1.32 bits per heavy atom. The first-order valence-electron chi connectivity index (χ1n) is 35.0. The number of carbonyl (C=O) groups excluding carboxylic acids is 5. The molecule has 2 rings (SSSR count). The summed E-state index contributed by atoms with van der Waals surface area (Å²) in [6, 6.07) is -0.159. The molecule has 502 valence electrons. The SMILES string of the molecule is CC.CCCCBr.CCCCCCCCCCCOC(=O)CCCCCN1CCCC1C(=O)OCCCCC(=O)OC(CCCCCCCC)CCCCCCCCCC.CCCNC.COC(=O)C1CCCN1CCCCCN.COC=O. The summed E-state index contributed by atoms with van der Waals surface area (Å²) < 4.78 is 25.8. The van der Waals surface area contributed by atoms with Crippen LogP contribution in [0.5, 0.6) is 0 Å². The molecule has 0 aromatic heterocycles. The predicted molar refractivity (Wildman–Crippen MR) is 358 cm³/mol. The normalized spacial score (nSPS) is 14.8. The minimum atomic E-state index is -0.166. The van der Waals surface area contributed by atoms with Gasteiger partial charge < -0.3 is 34.7 Å². The Morgan fingerprint density at radius 1 is 0.524 bits per heavy atom. The van der Waals surface area contributed by atoms with E-state index in [1.54, 1.807) is 0 Å². The van der Waals surface area contributed by atoms with Crippen LogP contribution in [-0.2, 0) is 47.7 Å². The minimum Gasteiger partial charge on any atom is -0.471 e. The summed E-state index contributed by atoms with van der Waals surface area (Å²) in [7, 11) is 4.74. The lowest BCUT2D eigenvalue weighted by Crippen LogP contribution is -2.38. The molecule has 0 radical (unpaired) electrons. The molecular formula is C69H139BrN4O10. The van der Waals surface area contributed by atoms with Crippen LogP contribution in [0.3, 0.4) is 0 Å². The van der Waals surface area contributed by atoms with Crippen LogP contribution in [-0.4, -0.2) is 137 Å². The van der Waals surface area contributed by atoms with Crippen molar-refractivity contribution in [2.45, 2.75) is 336 Å². The largest absolute Gasteiger partial charge is 0.471 e. The van der Waals surface area contributed by atoms with Gasteiger partial charge in [-0.2, -0.15) is 0 Å². The second-order valence-electron chi connectivity index (χ2n) is 22.7. The molecule has 0 aromatic carbocycles. The number of nitrogens with two attached hydrogens (primary N) is 1. The van der Waals surface area contributed by atoms with Crippen molar-refractivity contribution in [3.05, 3.63) is 0 Å². The summed E-state index contributed by atoms with van der Waals surface area (Å²) in [5.74, 6) is -0.381. The average molecular weight is 1260 g/mol. The highest BCUT2D eigenvalue weighted by Gasteiger charge is 2.32. The average Bonchev–Trinajstić information content (AvgIpc) is 4.20. The number of rotatable bonds is 50. The molecule has 2 saturated heterocycles. The van der Waals surface area contributed by atoms with E-state index >= 15 is 0 Å². The molecule has 3 N–H and O–H groups in total. The van der Waals surface area contributed by atoms with Crippen molar-refractivity contribution in [2.24, 2.45) is 5.73 Å². The van der Waals surface area contributed by atoms with Crippen LogP contribution in [0.2, 0.25) is 0 Å².